The van der Waals surface area contributed by atoms with Crippen LogP contribution in [-0.2, 0) is 4.74 Å². The molecule has 0 aromatic heterocycles. The minimum atomic E-state index is -0.680. The van der Waals surface area contributed by atoms with Crippen LogP contribution < -0.4 is 10.1 Å². The van der Waals surface area contributed by atoms with Crippen molar-refractivity contribution in [3.05, 3.63) is 35.7 Å². The molecule has 0 radical (unpaired) electrons. The average Bonchev–Trinajstić information content (AvgIpc) is 2.42. The molecule has 1 amide bonds. The van der Waals surface area contributed by atoms with Gasteiger partial charge in [0.15, 0.2) is 0 Å². The average molecular weight is 311 g/mol. The molecule has 0 aliphatic heterocycles. The quantitative estimate of drug-likeness (QED) is 0.847. The van der Waals surface area contributed by atoms with Crippen LogP contribution in [0.3, 0.4) is 0 Å². The summed E-state index contributed by atoms with van der Waals surface area (Å²) in [4.78, 5) is 11.4. The highest BCUT2D eigenvalue weighted by atomic mass is 19.1. The summed E-state index contributed by atoms with van der Waals surface area (Å²) < 4.78 is 24.2. The van der Waals surface area contributed by atoms with Gasteiger partial charge in [-0.15, -0.1) is 0 Å². The van der Waals surface area contributed by atoms with Crippen LogP contribution in [0.5, 0.6) is 5.75 Å². The number of rotatable bonds is 6. The molecule has 0 spiro atoms. The van der Waals surface area contributed by atoms with Gasteiger partial charge in [-0.2, -0.15) is 0 Å². The van der Waals surface area contributed by atoms with Crippen molar-refractivity contribution in [2.75, 3.05) is 19.8 Å². The van der Waals surface area contributed by atoms with Crippen molar-refractivity contribution >= 4 is 12.2 Å². The van der Waals surface area contributed by atoms with Crippen molar-refractivity contribution in [3.8, 4) is 5.75 Å². The van der Waals surface area contributed by atoms with Crippen LogP contribution in [0.15, 0.2) is 30.1 Å². The second-order valence-corrected chi connectivity index (χ2v) is 5.56. The molecule has 0 unspecified atom stereocenters. The van der Waals surface area contributed by atoms with Gasteiger partial charge in [-0.25, -0.2) is 9.18 Å². The number of para-hydroxylation sites is 1. The maximum atomic E-state index is 13.9. The molecule has 0 saturated carbocycles. The summed E-state index contributed by atoms with van der Waals surface area (Å²) in [5.74, 6) is -0.0742. The predicted molar refractivity (Wildman–Crippen MR) is 82.3 cm³/mol. The Bertz CT molecular complexity index is 523. The first-order valence-electron chi connectivity index (χ1n) is 6.97. The molecular formula is C16H22FNO4. The maximum absolute atomic E-state index is 13.9. The molecule has 0 fully saturated rings. The van der Waals surface area contributed by atoms with Gasteiger partial charge in [-0.3, -0.25) is 0 Å². The summed E-state index contributed by atoms with van der Waals surface area (Å²) >= 11 is 0. The fourth-order valence-corrected chi connectivity index (χ4v) is 1.58. The summed E-state index contributed by atoms with van der Waals surface area (Å²) in [6.07, 6.45) is 0.588. The largest absolute Gasteiger partial charge is 0.491 e. The molecular weight excluding hydrogens is 289 g/mol. The third-order valence-corrected chi connectivity index (χ3v) is 2.38. The van der Waals surface area contributed by atoms with Crippen molar-refractivity contribution in [3.63, 3.8) is 0 Å². The van der Waals surface area contributed by atoms with E-state index in [0.29, 0.717) is 11.3 Å². The van der Waals surface area contributed by atoms with E-state index in [2.05, 4.69) is 5.32 Å². The van der Waals surface area contributed by atoms with E-state index < -0.39 is 17.5 Å². The van der Waals surface area contributed by atoms with Gasteiger partial charge in [0.25, 0.3) is 0 Å². The summed E-state index contributed by atoms with van der Waals surface area (Å²) in [6, 6.07) is 6.85. The van der Waals surface area contributed by atoms with Gasteiger partial charge in [0.1, 0.15) is 23.8 Å². The Hall–Kier alpha value is -2.08. The van der Waals surface area contributed by atoms with Crippen molar-refractivity contribution in [1.82, 2.24) is 5.32 Å². The monoisotopic (exact) mass is 311 g/mol. The Labute approximate surface area is 129 Å². The topological polar surface area (TPSA) is 67.8 Å². The lowest BCUT2D eigenvalue weighted by atomic mass is 10.2. The highest BCUT2D eigenvalue weighted by Gasteiger charge is 2.16. The maximum Gasteiger partial charge on any atom is 0.408 e. The molecule has 0 saturated heterocycles. The molecule has 1 aromatic rings. The first kappa shape index (κ1) is 18.0. The van der Waals surface area contributed by atoms with Gasteiger partial charge in [0, 0.05) is 5.56 Å². The Morgan fingerprint density at radius 1 is 1.36 bits per heavy atom. The van der Waals surface area contributed by atoms with Crippen molar-refractivity contribution in [1.29, 1.82) is 0 Å². The third kappa shape index (κ3) is 7.08. The zero-order valence-corrected chi connectivity index (χ0v) is 13.1. The number of hydrogen-bond acceptors (Lipinski definition) is 4. The lowest BCUT2D eigenvalue weighted by molar-refractivity contribution is 0.0530. The van der Waals surface area contributed by atoms with Gasteiger partial charge in [-0.1, -0.05) is 18.2 Å². The molecule has 5 nitrogen and oxygen atoms in total. The second-order valence-electron chi connectivity index (χ2n) is 5.56. The first-order valence-corrected chi connectivity index (χ1v) is 6.97. The number of hydrogen-bond donors (Lipinski definition) is 2. The van der Waals surface area contributed by atoms with Crippen LogP contribution in [0.25, 0.3) is 6.08 Å². The number of aliphatic hydroxyl groups is 1. The Morgan fingerprint density at radius 3 is 2.68 bits per heavy atom. The van der Waals surface area contributed by atoms with Gasteiger partial charge in [0.05, 0.1) is 13.2 Å². The van der Waals surface area contributed by atoms with Crippen LogP contribution in [0.4, 0.5) is 9.18 Å². The van der Waals surface area contributed by atoms with E-state index in [1.807, 2.05) is 0 Å². The number of aliphatic hydroxyl groups excluding tert-OH is 1. The Morgan fingerprint density at radius 2 is 2.05 bits per heavy atom. The zero-order chi connectivity index (χ0) is 16.6. The first-order chi connectivity index (χ1) is 10.3. The van der Waals surface area contributed by atoms with Gasteiger partial charge < -0.3 is 19.9 Å². The van der Waals surface area contributed by atoms with E-state index in [4.69, 9.17) is 14.6 Å². The van der Waals surface area contributed by atoms with E-state index in [0.717, 1.165) is 0 Å². The molecule has 122 valence electrons. The number of nitrogens with one attached hydrogen (secondary N) is 1. The number of alkyl carbamates (subject to hydrolysis) is 1. The minimum absolute atomic E-state index is 0.124. The lowest BCUT2D eigenvalue weighted by Gasteiger charge is -2.19. The van der Waals surface area contributed by atoms with E-state index in [9.17, 15) is 9.18 Å². The number of carbonyl (C=O) groups excluding carboxylic acids is 1. The molecule has 1 rings (SSSR count). The van der Waals surface area contributed by atoms with Gasteiger partial charge >= 0.3 is 6.09 Å². The number of ether oxygens (including phenoxy) is 2. The van der Waals surface area contributed by atoms with E-state index in [-0.39, 0.29) is 19.8 Å². The van der Waals surface area contributed by atoms with Crippen molar-refractivity contribution < 1.29 is 23.8 Å². The van der Waals surface area contributed by atoms with Gasteiger partial charge in [0.2, 0.25) is 0 Å². The summed E-state index contributed by atoms with van der Waals surface area (Å²) in [6.45, 7) is 4.92. The van der Waals surface area contributed by atoms with Crippen LogP contribution in [0.2, 0.25) is 0 Å². The molecule has 22 heavy (non-hydrogen) atoms. The van der Waals surface area contributed by atoms with Crippen LogP contribution in [0.1, 0.15) is 26.3 Å². The SMILES string of the molecule is CC(C)(C)OC(=O)NC/C(F)=C/c1ccccc1OCCO. The molecule has 6 heteroatoms. The van der Waals surface area contributed by atoms with E-state index in [1.165, 1.54) is 6.08 Å². The fourth-order valence-electron chi connectivity index (χ4n) is 1.58. The van der Waals surface area contributed by atoms with Crippen LogP contribution in [-0.4, -0.2) is 36.6 Å². The highest BCUT2D eigenvalue weighted by Crippen LogP contribution is 2.21. The lowest BCUT2D eigenvalue weighted by Crippen LogP contribution is -2.33. The van der Waals surface area contributed by atoms with Crippen LogP contribution >= 0.6 is 0 Å². The third-order valence-electron chi connectivity index (χ3n) is 2.38. The normalized spacial score (nSPS) is 12.0. The van der Waals surface area contributed by atoms with Crippen LogP contribution in [0, 0.1) is 0 Å². The fraction of sp³-hybridized carbons (Fsp3) is 0.438. The summed E-state index contributed by atoms with van der Waals surface area (Å²) in [5.41, 5.74) is -0.103. The Kier molecular flexibility index (Phi) is 6.85. The van der Waals surface area contributed by atoms with Gasteiger partial charge in [-0.05, 0) is 32.9 Å². The van der Waals surface area contributed by atoms with Crippen molar-refractivity contribution in [2.24, 2.45) is 0 Å². The van der Waals surface area contributed by atoms with E-state index >= 15 is 0 Å². The van der Waals surface area contributed by atoms with E-state index in [1.54, 1.807) is 45.0 Å². The molecule has 0 aliphatic carbocycles. The minimum Gasteiger partial charge on any atom is -0.491 e. The summed E-state index contributed by atoms with van der Waals surface area (Å²) in [7, 11) is 0. The molecule has 1 aromatic carbocycles. The summed E-state index contributed by atoms with van der Waals surface area (Å²) in [5, 5.41) is 11.1. The molecule has 0 aliphatic rings. The Balaban J connectivity index is 2.63. The standard InChI is InChI=1S/C16H22FNO4/c1-16(2,3)22-15(20)18-11-13(17)10-12-6-4-5-7-14(12)21-9-8-19/h4-7,10,19H,8-9,11H2,1-3H3,(H,18,20)/b13-10-. The number of halogens is 1. The molecule has 0 bridgehead atoms. The predicted octanol–water partition coefficient (Wildman–Crippen LogP) is 2.89. The second kappa shape index (κ2) is 8.38. The molecule has 0 heterocycles. The smallest absolute Gasteiger partial charge is 0.408 e. The van der Waals surface area contributed by atoms with Crippen molar-refractivity contribution in [2.45, 2.75) is 26.4 Å². The zero-order valence-electron chi connectivity index (χ0n) is 13.1. The highest BCUT2D eigenvalue weighted by molar-refractivity contribution is 5.68. The number of carbonyl (C=O) groups is 1. The number of benzene rings is 1. The molecule has 0 atom stereocenters. The number of amides is 1. The molecule has 2 N–H and O–H groups in total.